The molecule has 0 aromatic heterocycles. The molecule has 0 bridgehead atoms. The van der Waals surface area contributed by atoms with Gasteiger partial charge in [0.25, 0.3) is 0 Å². The lowest BCUT2D eigenvalue weighted by Crippen LogP contribution is -2.28. The summed E-state index contributed by atoms with van der Waals surface area (Å²) in [5.41, 5.74) is 1.23. The summed E-state index contributed by atoms with van der Waals surface area (Å²) >= 11 is 5.53. The lowest BCUT2D eigenvalue weighted by atomic mass is 10.1. The number of benzene rings is 3. The van der Waals surface area contributed by atoms with Crippen LogP contribution in [0.15, 0.2) is 83.0 Å². The highest BCUT2D eigenvalue weighted by atomic mass is 127. The van der Waals surface area contributed by atoms with E-state index in [-0.39, 0.29) is 12.1 Å². The number of hydrogen-bond acceptors (Lipinski definition) is 3. The van der Waals surface area contributed by atoms with Crippen molar-refractivity contribution in [3.05, 3.63) is 97.7 Å². The van der Waals surface area contributed by atoms with E-state index in [1.165, 1.54) is 6.08 Å². The molecule has 3 rings (SSSR count). The number of ether oxygens (including phenoxy) is 1. The molecule has 0 saturated carbocycles. The minimum Gasteiger partial charge on any atom is -0.477 e. The molecule has 3 aromatic rings. The molecule has 0 aliphatic carbocycles. The van der Waals surface area contributed by atoms with E-state index in [0.717, 1.165) is 19.4 Å². The Morgan fingerprint density at radius 2 is 1.67 bits per heavy atom. The van der Waals surface area contributed by atoms with Gasteiger partial charge in [0, 0.05) is 4.47 Å². The molecule has 0 atom stereocenters. The van der Waals surface area contributed by atoms with Gasteiger partial charge < -0.3 is 15.2 Å². The van der Waals surface area contributed by atoms with Crippen molar-refractivity contribution >= 4 is 56.5 Å². The molecular formula is C23H17BrINO4. The second-order valence-electron chi connectivity index (χ2n) is 6.32. The van der Waals surface area contributed by atoms with Gasteiger partial charge in [-0.05, 0) is 76.2 Å². The second kappa shape index (κ2) is 10.4. The zero-order valence-electron chi connectivity index (χ0n) is 15.6. The minimum absolute atomic E-state index is 0.0837. The second-order valence-corrected chi connectivity index (χ2v) is 8.39. The number of aliphatic carboxylic acids is 1. The average molecular weight is 578 g/mol. The van der Waals surface area contributed by atoms with Crippen LogP contribution in [0.4, 0.5) is 0 Å². The van der Waals surface area contributed by atoms with Crippen LogP contribution in [0.2, 0.25) is 0 Å². The van der Waals surface area contributed by atoms with E-state index in [1.54, 1.807) is 36.4 Å². The highest BCUT2D eigenvalue weighted by Crippen LogP contribution is 2.26. The van der Waals surface area contributed by atoms with Crippen molar-refractivity contribution in [1.29, 1.82) is 0 Å². The molecule has 3 aromatic carbocycles. The molecule has 7 heteroatoms. The molecule has 152 valence electrons. The summed E-state index contributed by atoms with van der Waals surface area (Å²) in [4.78, 5) is 23.8. The summed E-state index contributed by atoms with van der Waals surface area (Å²) in [6.45, 7) is 0. The topological polar surface area (TPSA) is 75.6 Å². The molecule has 5 nitrogen and oxygen atoms in total. The van der Waals surface area contributed by atoms with E-state index in [4.69, 9.17) is 4.74 Å². The van der Waals surface area contributed by atoms with E-state index in [1.807, 2.05) is 36.4 Å². The number of hydrogen-bond donors (Lipinski definition) is 2. The monoisotopic (exact) mass is 577 g/mol. The maximum absolute atomic E-state index is 12.2. The Balaban J connectivity index is 1.68. The maximum atomic E-state index is 12.2. The molecule has 0 heterocycles. The number of carbonyl (C=O) groups is 2. The zero-order chi connectivity index (χ0) is 21.5. The van der Waals surface area contributed by atoms with Crippen molar-refractivity contribution in [2.24, 2.45) is 0 Å². The third-order valence-corrected chi connectivity index (χ3v) is 5.46. The number of para-hydroxylation sites is 1. The maximum Gasteiger partial charge on any atom is 0.352 e. The first kappa shape index (κ1) is 22.0. The van der Waals surface area contributed by atoms with E-state index < -0.39 is 11.9 Å². The fraction of sp³-hybridized carbons (Fsp3) is 0.0435. The SMILES string of the molecule is O=C(Cc1ccc(Br)cc1)N/C(=C/c1ccc(Oc2ccccc2I)cc1)C(=O)O. The van der Waals surface area contributed by atoms with Crippen LogP contribution in [0.3, 0.4) is 0 Å². The molecule has 30 heavy (non-hydrogen) atoms. The predicted octanol–water partition coefficient (Wildman–Crippen LogP) is 5.63. The van der Waals surface area contributed by atoms with Crippen LogP contribution >= 0.6 is 38.5 Å². The minimum atomic E-state index is -1.21. The molecule has 0 radical (unpaired) electrons. The molecular weight excluding hydrogens is 561 g/mol. The Morgan fingerprint density at radius 1 is 1.00 bits per heavy atom. The van der Waals surface area contributed by atoms with Gasteiger partial charge in [0.1, 0.15) is 17.2 Å². The first-order valence-corrected chi connectivity index (χ1v) is 10.8. The average Bonchev–Trinajstić information content (AvgIpc) is 2.72. The van der Waals surface area contributed by atoms with E-state index in [2.05, 4.69) is 43.8 Å². The fourth-order valence-electron chi connectivity index (χ4n) is 2.59. The molecule has 2 N–H and O–H groups in total. The standard InChI is InChI=1S/C23H17BrINO4/c24-17-9-5-16(6-10-17)14-22(27)26-20(23(28)29)13-15-7-11-18(12-8-15)30-21-4-2-1-3-19(21)25/h1-13H,14H2,(H,26,27)(H,28,29)/b20-13+. The van der Waals surface area contributed by atoms with Crippen molar-refractivity contribution < 1.29 is 19.4 Å². The summed E-state index contributed by atoms with van der Waals surface area (Å²) in [7, 11) is 0. The third kappa shape index (κ3) is 6.43. The van der Waals surface area contributed by atoms with Gasteiger partial charge >= 0.3 is 5.97 Å². The Morgan fingerprint density at radius 3 is 2.30 bits per heavy atom. The first-order chi connectivity index (χ1) is 14.4. The molecule has 0 spiro atoms. The normalized spacial score (nSPS) is 11.1. The number of rotatable bonds is 7. The number of carbonyl (C=O) groups excluding carboxylic acids is 1. The van der Waals surface area contributed by atoms with Gasteiger partial charge in [0.2, 0.25) is 5.91 Å². The Hall–Kier alpha value is -2.65. The van der Waals surface area contributed by atoms with Crippen molar-refractivity contribution in [1.82, 2.24) is 5.32 Å². The molecule has 0 unspecified atom stereocenters. The van der Waals surface area contributed by atoms with Crippen LogP contribution in [-0.2, 0) is 16.0 Å². The fourth-order valence-corrected chi connectivity index (χ4v) is 3.35. The number of halogens is 2. The Kier molecular flexibility index (Phi) is 7.64. The largest absolute Gasteiger partial charge is 0.477 e. The lowest BCUT2D eigenvalue weighted by Gasteiger charge is -2.09. The van der Waals surface area contributed by atoms with Crippen molar-refractivity contribution in [3.8, 4) is 11.5 Å². The van der Waals surface area contributed by atoms with Gasteiger partial charge in [-0.3, -0.25) is 4.79 Å². The summed E-state index contributed by atoms with van der Waals surface area (Å²) in [5, 5.41) is 11.9. The van der Waals surface area contributed by atoms with Crippen LogP contribution < -0.4 is 10.1 Å². The highest BCUT2D eigenvalue weighted by Gasteiger charge is 2.12. The van der Waals surface area contributed by atoms with Crippen molar-refractivity contribution in [3.63, 3.8) is 0 Å². The summed E-state index contributed by atoms with van der Waals surface area (Å²) in [5.74, 6) is -0.233. The van der Waals surface area contributed by atoms with Crippen LogP contribution in [-0.4, -0.2) is 17.0 Å². The first-order valence-electron chi connectivity index (χ1n) is 8.92. The summed E-state index contributed by atoms with van der Waals surface area (Å²) in [6.07, 6.45) is 1.50. The number of carboxylic acids is 1. The number of carboxylic acid groups (broad SMARTS) is 1. The van der Waals surface area contributed by atoms with Crippen LogP contribution in [0.25, 0.3) is 6.08 Å². The quantitative estimate of drug-likeness (QED) is 0.282. The molecule has 0 fully saturated rings. The molecule has 0 saturated heterocycles. The smallest absolute Gasteiger partial charge is 0.352 e. The van der Waals surface area contributed by atoms with E-state index in [9.17, 15) is 14.7 Å². The van der Waals surface area contributed by atoms with E-state index >= 15 is 0 Å². The number of nitrogens with one attached hydrogen (secondary N) is 1. The van der Waals surface area contributed by atoms with Crippen LogP contribution in [0.5, 0.6) is 11.5 Å². The summed E-state index contributed by atoms with van der Waals surface area (Å²) in [6, 6.07) is 21.9. The molecule has 0 aliphatic rings. The molecule has 0 aliphatic heterocycles. The van der Waals surface area contributed by atoms with Crippen LogP contribution in [0.1, 0.15) is 11.1 Å². The van der Waals surface area contributed by atoms with Gasteiger partial charge in [-0.1, -0.05) is 52.3 Å². The van der Waals surface area contributed by atoms with Gasteiger partial charge in [-0.2, -0.15) is 0 Å². The third-order valence-electron chi connectivity index (χ3n) is 4.04. The van der Waals surface area contributed by atoms with E-state index in [0.29, 0.717) is 11.3 Å². The van der Waals surface area contributed by atoms with Gasteiger partial charge in [-0.15, -0.1) is 0 Å². The summed E-state index contributed by atoms with van der Waals surface area (Å²) < 4.78 is 7.73. The highest BCUT2D eigenvalue weighted by molar-refractivity contribution is 14.1. The van der Waals surface area contributed by atoms with Crippen LogP contribution in [0, 0.1) is 3.57 Å². The molecule has 1 amide bonds. The van der Waals surface area contributed by atoms with Gasteiger partial charge in [0.15, 0.2) is 0 Å². The predicted molar refractivity (Wildman–Crippen MR) is 127 cm³/mol. The lowest BCUT2D eigenvalue weighted by molar-refractivity contribution is -0.134. The van der Waals surface area contributed by atoms with Gasteiger partial charge in [0.05, 0.1) is 9.99 Å². The Labute approximate surface area is 196 Å². The number of amides is 1. The van der Waals surface area contributed by atoms with Crippen molar-refractivity contribution in [2.45, 2.75) is 6.42 Å². The zero-order valence-corrected chi connectivity index (χ0v) is 19.4. The Bertz CT molecular complexity index is 1080. The van der Waals surface area contributed by atoms with Gasteiger partial charge in [-0.25, -0.2) is 4.79 Å². The van der Waals surface area contributed by atoms with Crippen molar-refractivity contribution in [2.75, 3.05) is 0 Å².